The van der Waals surface area contributed by atoms with Gasteiger partial charge in [0.15, 0.2) is 16.7 Å². The van der Waals surface area contributed by atoms with Crippen molar-refractivity contribution < 1.29 is 14.3 Å². The summed E-state index contributed by atoms with van der Waals surface area (Å²) in [5, 5.41) is 3.77. The fourth-order valence-corrected chi connectivity index (χ4v) is 3.36. The van der Waals surface area contributed by atoms with Crippen molar-refractivity contribution in [3.63, 3.8) is 0 Å². The number of benzene rings is 2. The van der Waals surface area contributed by atoms with Crippen LogP contribution in [-0.2, 0) is 4.79 Å². The van der Waals surface area contributed by atoms with Gasteiger partial charge in [-0.15, -0.1) is 0 Å². The van der Waals surface area contributed by atoms with E-state index < -0.39 is 0 Å². The van der Waals surface area contributed by atoms with Crippen LogP contribution in [0.1, 0.15) is 5.56 Å². The van der Waals surface area contributed by atoms with Crippen molar-refractivity contribution in [1.29, 1.82) is 0 Å². The summed E-state index contributed by atoms with van der Waals surface area (Å²) in [7, 11) is 0. The molecule has 1 fully saturated rings. The molecule has 24 heavy (non-hydrogen) atoms. The molecule has 1 saturated heterocycles. The first-order valence-corrected chi connectivity index (χ1v) is 8.33. The van der Waals surface area contributed by atoms with Gasteiger partial charge in [-0.1, -0.05) is 29.8 Å². The summed E-state index contributed by atoms with van der Waals surface area (Å²) in [6.07, 6.45) is 1.70. The van der Waals surface area contributed by atoms with Crippen molar-refractivity contribution in [2.24, 2.45) is 4.99 Å². The summed E-state index contributed by atoms with van der Waals surface area (Å²) in [5.41, 5.74) is 1.40. The van der Waals surface area contributed by atoms with Gasteiger partial charge in [0, 0.05) is 5.56 Å². The molecule has 1 N–H and O–H groups in total. The lowest BCUT2D eigenvalue weighted by Crippen LogP contribution is -2.19. The van der Waals surface area contributed by atoms with Crippen LogP contribution in [-0.4, -0.2) is 17.9 Å². The largest absolute Gasteiger partial charge is 0.454 e. The third-order valence-corrected chi connectivity index (χ3v) is 4.68. The normalized spacial score (nSPS) is 19.1. The summed E-state index contributed by atoms with van der Waals surface area (Å²) in [6.45, 7) is 0.145. The van der Waals surface area contributed by atoms with Crippen LogP contribution in [0.5, 0.6) is 11.5 Å². The number of hydrogen-bond donors (Lipinski definition) is 1. The van der Waals surface area contributed by atoms with Crippen LogP contribution in [0.3, 0.4) is 0 Å². The fraction of sp³-hybridized carbons (Fsp3) is 0.0588. The van der Waals surface area contributed by atoms with Crippen LogP contribution in [0.15, 0.2) is 52.4 Å². The standard InChI is InChI=1S/C17H11ClN2O3S/c18-12-6-7-13-15(23-9-22-13)11(12)8-14-16(21)20-17(24-14)19-10-4-2-1-3-5-10/h1-8H,9H2,(H,19,20,21). The molecule has 0 spiro atoms. The zero-order valence-corrected chi connectivity index (χ0v) is 13.9. The number of fused-ring (bicyclic) bond motifs is 1. The molecule has 2 aromatic rings. The van der Waals surface area contributed by atoms with Crippen molar-refractivity contribution in [2.75, 3.05) is 6.79 Å². The van der Waals surface area contributed by atoms with Gasteiger partial charge in [0.1, 0.15) is 0 Å². The average molecular weight is 359 g/mol. The summed E-state index contributed by atoms with van der Waals surface area (Å²) >= 11 is 7.51. The second-order valence-corrected chi connectivity index (χ2v) is 6.45. The predicted molar refractivity (Wildman–Crippen MR) is 94.8 cm³/mol. The number of amidine groups is 1. The zero-order valence-electron chi connectivity index (χ0n) is 12.3. The zero-order chi connectivity index (χ0) is 16.5. The van der Waals surface area contributed by atoms with E-state index in [4.69, 9.17) is 21.1 Å². The Kier molecular flexibility index (Phi) is 3.92. The molecule has 2 heterocycles. The van der Waals surface area contributed by atoms with Crippen LogP contribution >= 0.6 is 23.4 Å². The van der Waals surface area contributed by atoms with Gasteiger partial charge in [0.2, 0.25) is 6.79 Å². The second kappa shape index (κ2) is 6.22. The maximum atomic E-state index is 12.2. The number of amides is 1. The number of aliphatic imine (C=N–C) groups is 1. The smallest absolute Gasteiger partial charge is 0.264 e. The monoisotopic (exact) mass is 358 g/mol. The maximum absolute atomic E-state index is 12.2. The number of rotatable bonds is 2. The molecule has 5 nitrogen and oxygen atoms in total. The Hall–Kier alpha value is -2.44. The highest BCUT2D eigenvalue weighted by molar-refractivity contribution is 8.18. The van der Waals surface area contributed by atoms with E-state index in [1.54, 1.807) is 18.2 Å². The number of nitrogens with one attached hydrogen (secondary N) is 1. The highest BCUT2D eigenvalue weighted by Crippen LogP contribution is 2.42. The minimum Gasteiger partial charge on any atom is -0.454 e. The van der Waals surface area contributed by atoms with E-state index in [1.165, 1.54) is 11.8 Å². The first-order chi connectivity index (χ1) is 11.7. The number of ether oxygens (including phenoxy) is 2. The SMILES string of the molecule is O=C1NC(=Nc2ccccc2)SC1=Cc1c(Cl)ccc2c1OCO2. The van der Waals surface area contributed by atoms with Gasteiger partial charge in [0.05, 0.1) is 15.6 Å². The quantitative estimate of drug-likeness (QED) is 0.825. The molecule has 0 bridgehead atoms. The lowest BCUT2D eigenvalue weighted by molar-refractivity contribution is -0.115. The number of thioether (sulfide) groups is 1. The molecule has 120 valence electrons. The Labute approximate surface area is 147 Å². The van der Waals surface area contributed by atoms with E-state index in [9.17, 15) is 4.79 Å². The van der Waals surface area contributed by atoms with Crippen LogP contribution in [0, 0.1) is 0 Å². The molecule has 2 aliphatic rings. The maximum Gasteiger partial charge on any atom is 0.264 e. The third kappa shape index (κ3) is 2.86. The number of para-hydroxylation sites is 1. The molecule has 2 aromatic carbocycles. The number of carbonyl (C=O) groups is 1. The molecule has 0 aromatic heterocycles. The van der Waals surface area contributed by atoms with Gasteiger partial charge in [-0.05, 0) is 42.1 Å². The fourth-order valence-electron chi connectivity index (χ4n) is 2.34. The number of carbonyl (C=O) groups excluding carboxylic acids is 1. The van der Waals surface area contributed by atoms with Crippen molar-refractivity contribution >= 4 is 46.2 Å². The van der Waals surface area contributed by atoms with E-state index in [2.05, 4.69) is 10.3 Å². The lowest BCUT2D eigenvalue weighted by atomic mass is 10.1. The van der Waals surface area contributed by atoms with Gasteiger partial charge in [-0.2, -0.15) is 0 Å². The van der Waals surface area contributed by atoms with Crippen molar-refractivity contribution in [2.45, 2.75) is 0 Å². The van der Waals surface area contributed by atoms with Gasteiger partial charge >= 0.3 is 0 Å². The molecule has 0 atom stereocenters. The average Bonchev–Trinajstić information content (AvgIpc) is 3.18. The second-order valence-electron chi connectivity index (χ2n) is 5.01. The Balaban J connectivity index is 1.66. The summed E-state index contributed by atoms with van der Waals surface area (Å²) in [5.74, 6) is 0.951. The highest BCUT2D eigenvalue weighted by atomic mass is 35.5. The molecule has 7 heteroatoms. The molecule has 0 unspecified atom stereocenters. The van der Waals surface area contributed by atoms with Gasteiger partial charge < -0.3 is 14.8 Å². The van der Waals surface area contributed by atoms with Crippen LogP contribution < -0.4 is 14.8 Å². The van der Waals surface area contributed by atoms with E-state index in [1.807, 2.05) is 30.3 Å². The molecule has 4 rings (SSSR count). The highest BCUT2D eigenvalue weighted by Gasteiger charge is 2.26. The van der Waals surface area contributed by atoms with Crippen molar-refractivity contribution in [1.82, 2.24) is 5.32 Å². The molecular weight excluding hydrogens is 348 g/mol. The Morgan fingerprint density at radius 3 is 2.83 bits per heavy atom. The Bertz CT molecular complexity index is 881. The van der Waals surface area contributed by atoms with E-state index >= 15 is 0 Å². The van der Waals surface area contributed by atoms with Crippen molar-refractivity contribution in [3.8, 4) is 11.5 Å². The molecule has 0 radical (unpaired) electrons. The molecular formula is C17H11ClN2O3S. The Morgan fingerprint density at radius 2 is 2.00 bits per heavy atom. The first kappa shape index (κ1) is 15.1. The molecule has 1 amide bonds. The van der Waals surface area contributed by atoms with Gasteiger partial charge in [-0.3, -0.25) is 4.79 Å². The molecule has 0 aliphatic carbocycles. The number of hydrogen-bond acceptors (Lipinski definition) is 5. The summed E-state index contributed by atoms with van der Waals surface area (Å²) < 4.78 is 10.8. The topological polar surface area (TPSA) is 59.9 Å². The van der Waals surface area contributed by atoms with Crippen LogP contribution in [0.2, 0.25) is 5.02 Å². The van der Waals surface area contributed by atoms with Gasteiger partial charge in [-0.25, -0.2) is 4.99 Å². The summed E-state index contributed by atoms with van der Waals surface area (Å²) in [6, 6.07) is 12.9. The van der Waals surface area contributed by atoms with Crippen LogP contribution in [0.25, 0.3) is 6.08 Å². The first-order valence-electron chi connectivity index (χ1n) is 7.13. The summed E-state index contributed by atoms with van der Waals surface area (Å²) in [4.78, 5) is 17.1. The Morgan fingerprint density at radius 1 is 1.17 bits per heavy atom. The minimum absolute atomic E-state index is 0.145. The van der Waals surface area contributed by atoms with Crippen LogP contribution in [0.4, 0.5) is 5.69 Å². The minimum atomic E-state index is -0.220. The number of halogens is 1. The predicted octanol–water partition coefficient (Wildman–Crippen LogP) is 3.96. The van der Waals surface area contributed by atoms with E-state index in [0.717, 1.165) is 5.69 Å². The van der Waals surface area contributed by atoms with E-state index in [0.29, 0.717) is 32.2 Å². The lowest BCUT2D eigenvalue weighted by Gasteiger charge is -2.04. The van der Waals surface area contributed by atoms with Gasteiger partial charge in [0.25, 0.3) is 5.91 Å². The third-order valence-electron chi connectivity index (χ3n) is 3.44. The van der Waals surface area contributed by atoms with E-state index in [-0.39, 0.29) is 12.7 Å². The number of nitrogens with zero attached hydrogens (tertiary/aromatic N) is 1. The van der Waals surface area contributed by atoms with Crippen molar-refractivity contribution in [3.05, 3.63) is 58.0 Å². The molecule has 2 aliphatic heterocycles. The molecule has 0 saturated carbocycles.